The maximum Gasteiger partial charge on any atom is 2.00 e. The van der Waals surface area contributed by atoms with Gasteiger partial charge in [0, 0.05) is 59.5 Å². The molecule has 0 aliphatic rings. The summed E-state index contributed by atoms with van der Waals surface area (Å²) in [5.41, 5.74) is 4.57. The summed E-state index contributed by atoms with van der Waals surface area (Å²) in [7, 11) is 0. The Kier molecular flexibility index (Phi) is 8.63. The minimum atomic E-state index is -0.899. The number of aromatic nitrogens is 8. The molecule has 6 heterocycles. The molecule has 8 rings (SSSR count). The van der Waals surface area contributed by atoms with Crippen LogP contribution in [0.2, 0.25) is 0 Å². The van der Waals surface area contributed by atoms with E-state index < -0.39 is 5.41 Å². The molecule has 8 aromatic rings. The molecule has 6 aromatic heterocycles. The van der Waals surface area contributed by atoms with Gasteiger partial charge in [-0.25, -0.2) is 0 Å². The van der Waals surface area contributed by atoms with Crippen molar-refractivity contribution >= 4 is 0 Å². The van der Waals surface area contributed by atoms with Crippen LogP contribution in [-0.4, -0.2) is 39.0 Å². The fraction of sp³-hybridized carbons (Fsp3) is 0.0256. The fourth-order valence-electron chi connectivity index (χ4n) is 6.07. The van der Waals surface area contributed by atoms with Crippen LogP contribution in [-0.2, 0) is 25.8 Å². The monoisotopic (exact) mass is 712 g/mol. The quantitative estimate of drug-likeness (QED) is 0.125. The second-order valence-electron chi connectivity index (χ2n) is 10.8. The minimum absolute atomic E-state index is 0. The van der Waals surface area contributed by atoms with Crippen molar-refractivity contribution in [3.05, 3.63) is 193 Å². The van der Waals surface area contributed by atoms with Gasteiger partial charge in [-0.3, -0.25) is 19.9 Å². The molecular weight excluding hydrogens is 687 g/mol. The third-order valence-corrected chi connectivity index (χ3v) is 8.16. The summed E-state index contributed by atoms with van der Waals surface area (Å²) in [5, 5.41) is 0. The molecule has 0 N–H and O–H groups in total. The third-order valence-electron chi connectivity index (χ3n) is 8.16. The van der Waals surface area contributed by atoms with E-state index in [1.807, 2.05) is 69.8 Å². The van der Waals surface area contributed by atoms with Crippen LogP contribution >= 0.6 is 0 Å². The van der Waals surface area contributed by atoms with Gasteiger partial charge in [0.05, 0.1) is 0 Å². The van der Waals surface area contributed by atoms with Gasteiger partial charge in [-0.15, -0.1) is 0 Å². The molecule has 0 fully saturated rings. The van der Waals surface area contributed by atoms with Crippen LogP contribution in [0.5, 0.6) is 0 Å². The summed E-state index contributed by atoms with van der Waals surface area (Å²) in [5.74, 6) is 2.81. The zero-order valence-electron chi connectivity index (χ0n) is 25.4. The van der Waals surface area contributed by atoms with Crippen LogP contribution in [0.1, 0.15) is 22.5 Å². The molecule has 0 amide bonds. The van der Waals surface area contributed by atoms with E-state index in [-0.39, 0.29) is 20.4 Å². The van der Waals surface area contributed by atoms with Crippen molar-refractivity contribution in [3.63, 3.8) is 0 Å². The maximum atomic E-state index is 5.36. The van der Waals surface area contributed by atoms with Crippen LogP contribution in [0, 0.1) is 12.4 Å². The molecule has 232 valence electrons. The third kappa shape index (κ3) is 5.45. The molecule has 0 radical (unpaired) electrons. The number of rotatable bonds is 8. The number of hydrogen-bond acceptors (Lipinski definition) is 6. The largest absolute Gasteiger partial charge is 2.00 e. The maximum absolute atomic E-state index is 5.36. The van der Waals surface area contributed by atoms with Crippen LogP contribution < -0.4 is 0 Å². The van der Waals surface area contributed by atoms with Gasteiger partial charge >= 0.3 is 20.4 Å². The van der Waals surface area contributed by atoms with Gasteiger partial charge in [-0.1, -0.05) is 97.3 Å². The first-order chi connectivity index (χ1) is 23.3. The van der Waals surface area contributed by atoms with Gasteiger partial charge in [0.25, 0.3) is 0 Å². The normalized spacial score (nSPS) is 11.2. The van der Waals surface area contributed by atoms with Crippen LogP contribution in [0.25, 0.3) is 34.4 Å². The van der Waals surface area contributed by atoms with Gasteiger partial charge in [0.2, 0.25) is 0 Å². The molecule has 0 unspecified atom stereocenters. The van der Waals surface area contributed by atoms with Gasteiger partial charge in [0.15, 0.2) is 0 Å². The average molecular weight is 713 g/mol. The molecule has 0 spiro atoms. The van der Waals surface area contributed by atoms with E-state index in [0.29, 0.717) is 11.6 Å². The van der Waals surface area contributed by atoms with Gasteiger partial charge in [0.1, 0.15) is 5.41 Å². The van der Waals surface area contributed by atoms with Crippen LogP contribution in [0.15, 0.2) is 159 Å². The predicted molar refractivity (Wildman–Crippen MR) is 179 cm³/mol. The molecule has 0 saturated carbocycles. The predicted octanol–water partition coefficient (Wildman–Crippen LogP) is 6.95. The van der Waals surface area contributed by atoms with Gasteiger partial charge in [-0.2, -0.15) is 0 Å². The fourth-order valence-corrected chi connectivity index (χ4v) is 6.07. The minimum Gasteiger partial charge on any atom is -0.447 e. The van der Waals surface area contributed by atoms with E-state index in [2.05, 4.69) is 93.0 Å². The van der Waals surface area contributed by atoms with E-state index in [9.17, 15) is 0 Å². The standard InChI is InChI=1S/C39H26N8.Pd/c1-3-9-31(10-4-1)39(32-11-5-2-6-12-32,33-13-7-15-35(44-33)46-27-25-42-37(46)29-17-21-40-22-18-29)34-14-8-16-36(45-34)47-28-26-43-38(47)30-19-23-41-24-20-30;/h1-26H;/q-2;+2. The number of pyridine rings is 4. The number of nitrogens with zero attached hydrogens (tertiary/aromatic N) is 8. The molecule has 0 aliphatic heterocycles. The van der Waals surface area contributed by atoms with Gasteiger partial charge in [-0.05, 0) is 71.0 Å². The van der Waals surface area contributed by atoms with E-state index in [1.165, 1.54) is 0 Å². The summed E-state index contributed by atoms with van der Waals surface area (Å²) in [6, 6.07) is 40.6. The summed E-state index contributed by atoms with van der Waals surface area (Å²) in [4.78, 5) is 28.3. The van der Waals surface area contributed by atoms with E-state index in [0.717, 1.165) is 45.3 Å². The van der Waals surface area contributed by atoms with Crippen molar-refractivity contribution in [1.29, 1.82) is 0 Å². The van der Waals surface area contributed by atoms with Crippen molar-refractivity contribution in [1.82, 2.24) is 39.0 Å². The molecule has 0 bridgehead atoms. The van der Waals surface area contributed by atoms with Crippen LogP contribution in [0.4, 0.5) is 0 Å². The Labute approximate surface area is 291 Å². The Balaban J connectivity index is 0.00000364. The van der Waals surface area contributed by atoms with Crippen molar-refractivity contribution in [3.8, 4) is 34.4 Å². The number of imidazole rings is 2. The molecule has 0 saturated heterocycles. The smallest absolute Gasteiger partial charge is 0.447 e. The first kappa shape index (κ1) is 30.8. The molecule has 9 heteroatoms. The molecule has 8 nitrogen and oxygen atoms in total. The Bertz CT molecular complexity index is 2090. The first-order valence-corrected chi connectivity index (χ1v) is 15.1. The topological polar surface area (TPSA) is 87.2 Å². The molecule has 2 aromatic carbocycles. The first-order valence-electron chi connectivity index (χ1n) is 15.1. The second-order valence-corrected chi connectivity index (χ2v) is 10.8. The molecular formula is C39H26N8Pd. The Hall–Kier alpha value is -5.88. The van der Waals surface area contributed by atoms with Crippen LogP contribution in [0.3, 0.4) is 0 Å². The number of benzene rings is 2. The molecule has 48 heavy (non-hydrogen) atoms. The zero-order valence-corrected chi connectivity index (χ0v) is 27.0. The van der Waals surface area contributed by atoms with Gasteiger partial charge < -0.3 is 19.1 Å². The zero-order chi connectivity index (χ0) is 31.5. The van der Waals surface area contributed by atoms with Crippen molar-refractivity contribution < 1.29 is 20.4 Å². The summed E-state index contributed by atoms with van der Waals surface area (Å²) >= 11 is 0. The summed E-state index contributed by atoms with van der Waals surface area (Å²) in [6.45, 7) is 0. The Morgan fingerprint density at radius 1 is 0.458 bits per heavy atom. The SMILES string of the molecule is [Pd+2].[c-]1cnc(-c2ccncc2)n1-c1cccc(C(c2ccccc2)(c2ccccc2)c2cccc(-n3[c-]cnc3-c3ccncc3)n2)n1. The van der Waals surface area contributed by atoms with E-state index >= 15 is 0 Å². The molecule has 0 aliphatic carbocycles. The van der Waals surface area contributed by atoms with E-state index in [1.54, 1.807) is 37.2 Å². The van der Waals surface area contributed by atoms with Crippen molar-refractivity contribution in [2.75, 3.05) is 0 Å². The number of hydrogen-bond donors (Lipinski definition) is 0. The summed E-state index contributed by atoms with van der Waals surface area (Å²) in [6.07, 6.45) is 16.9. The van der Waals surface area contributed by atoms with Crippen molar-refractivity contribution in [2.24, 2.45) is 0 Å². The summed E-state index contributed by atoms with van der Waals surface area (Å²) < 4.78 is 3.76. The Morgan fingerprint density at radius 3 is 1.29 bits per heavy atom. The van der Waals surface area contributed by atoms with Crippen molar-refractivity contribution in [2.45, 2.75) is 5.41 Å². The average Bonchev–Trinajstić information content (AvgIpc) is 3.85. The molecule has 0 atom stereocenters. The van der Waals surface area contributed by atoms with E-state index in [4.69, 9.17) is 9.97 Å². The Morgan fingerprint density at radius 2 is 0.875 bits per heavy atom. The second kappa shape index (κ2) is 13.5.